The molecule has 0 radical (unpaired) electrons. The summed E-state index contributed by atoms with van der Waals surface area (Å²) in [6, 6.07) is 24.3. The fourth-order valence-corrected chi connectivity index (χ4v) is 3.22. The first-order valence-electron chi connectivity index (χ1n) is 9.28. The zero-order valence-electron chi connectivity index (χ0n) is 16.3. The number of hydrogen-bond acceptors (Lipinski definition) is 3. The maximum atomic E-state index is 14.2. The molecule has 0 bridgehead atoms. The van der Waals surface area contributed by atoms with Crippen LogP contribution in [-0.4, -0.2) is 24.0 Å². The highest BCUT2D eigenvalue weighted by atomic mass is 19.1. The molecule has 0 aliphatic rings. The highest BCUT2D eigenvalue weighted by molar-refractivity contribution is 5.69. The van der Waals surface area contributed by atoms with Crippen LogP contribution < -0.4 is 9.47 Å². The summed E-state index contributed by atoms with van der Waals surface area (Å²) in [6.45, 7) is 0.337. The molecule has 4 nitrogen and oxygen atoms in total. The van der Waals surface area contributed by atoms with Gasteiger partial charge in [0.2, 0.25) is 0 Å². The average Bonchev–Trinajstić information content (AvgIpc) is 3.19. The maximum Gasteiger partial charge on any atom is 0.128 e. The molecule has 5 heteroatoms. The molecule has 0 unspecified atom stereocenters. The molecule has 146 valence electrons. The van der Waals surface area contributed by atoms with Crippen LogP contribution in [0.1, 0.15) is 5.56 Å². The van der Waals surface area contributed by atoms with Gasteiger partial charge in [0.25, 0.3) is 0 Å². The summed E-state index contributed by atoms with van der Waals surface area (Å²) in [7, 11) is 3.28. The van der Waals surface area contributed by atoms with Crippen molar-refractivity contribution in [3.8, 4) is 34.0 Å². The van der Waals surface area contributed by atoms with E-state index in [1.807, 2.05) is 65.3 Å². The van der Waals surface area contributed by atoms with Crippen LogP contribution in [-0.2, 0) is 6.54 Å². The number of hydrogen-bond donors (Lipinski definition) is 0. The Morgan fingerprint density at radius 3 is 1.97 bits per heavy atom. The molecular weight excluding hydrogens is 367 g/mol. The van der Waals surface area contributed by atoms with E-state index in [1.165, 1.54) is 6.07 Å². The Hall–Kier alpha value is -3.60. The van der Waals surface area contributed by atoms with E-state index in [4.69, 9.17) is 14.6 Å². The zero-order valence-corrected chi connectivity index (χ0v) is 16.3. The van der Waals surface area contributed by atoms with Crippen molar-refractivity contribution in [2.45, 2.75) is 6.54 Å². The van der Waals surface area contributed by atoms with E-state index in [1.54, 1.807) is 26.4 Å². The second-order valence-electron chi connectivity index (χ2n) is 6.62. The standard InChI is InChI=1S/C24H21FN2O2/c1-28-20-11-7-17(8-12-20)23-15-24(18-9-13-21(29-2)14-10-18)27(26-23)16-19-5-3-4-6-22(19)25/h3-15H,16H2,1-2H3. The molecule has 0 amide bonds. The van der Waals surface area contributed by atoms with E-state index in [9.17, 15) is 4.39 Å². The van der Waals surface area contributed by atoms with Gasteiger partial charge >= 0.3 is 0 Å². The zero-order chi connectivity index (χ0) is 20.2. The van der Waals surface area contributed by atoms with E-state index in [0.29, 0.717) is 12.1 Å². The molecule has 0 saturated heterocycles. The molecule has 0 atom stereocenters. The van der Waals surface area contributed by atoms with Crippen LogP contribution in [0.2, 0.25) is 0 Å². The van der Waals surface area contributed by atoms with Gasteiger partial charge in [0.15, 0.2) is 0 Å². The quantitative estimate of drug-likeness (QED) is 0.442. The predicted octanol–water partition coefficient (Wildman–Crippen LogP) is 5.42. The summed E-state index contributed by atoms with van der Waals surface area (Å²) < 4.78 is 26.6. The lowest BCUT2D eigenvalue weighted by molar-refractivity contribution is 0.414. The van der Waals surface area contributed by atoms with E-state index >= 15 is 0 Å². The van der Waals surface area contributed by atoms with Crippen molar-refractivity contribution >= 4 is 0 Å². The van der Waals surface area contributed by atoms with Gasteiger partial charge in [-0.25, -0.2) is 4.39 Å². The van der Waals surface area contributed by atoms with Crippen molar-refractivity contribution in [3.63, 3.8) is 0 Å². The number of nitrogens with zero attached hydrogens (tertiary/aromatic N) is 2. The Morgan fingerprint density at radius 1 is 0.793 bits per heavy atom. The van der Waals surface area contributed by atoms with Crippen molar-refractivity contribution in [2.75, 3.05) is 14.2 Å². The minimum atomic E-state index is -0.241. The second kappa shape index (κ2) is 8.19. The maximum absolute atomic E-state index is 14.2. The minimum absolute atomic E-state index is 0.241. The summed E-state index contributed by atoms with van der Waals surface area (Å²) in [5.41, 5.74) is 4.26. The Balaban J connectivity index is 1.77. The van der Waals surface area contributed by atoms with Gasteiger partial charge in [-0.05, 0) is 60.7 Å². The molecule has 0 N–H and O–H groups in total. The van der Waals surface area contributed by atoms with Gasteiger partial charge < -0.3 is 9.47 Å². The van der Waals surface area contributed by atoms with Crippen LogP contribution in [0.4, 0.5) is 4.39 Å². The fraction of sp³-hybridized carbons (Fsp3) is 0.125. The minimum Gasteiger partial charge on any atom is -0.497 e. The highest BCUT2D eigenvalue weighted by Gasteiger charge is 2.14. The van der Waals surface area contributed by atoms with E-state index in [0.717, 1.165) is 34.0 Å². The number of rotatable bonds is 6. The molecule has 29 heavy (non-hydrogen) atoms. The van der Waals surface area contributed by atoms with Gasteiger partial charge in [-0.2, -0.15) is 5.10 Å². The highest BCUT2D eigenvalue weighted by Crippen LogP contribution is 2.29. The van der Waals surface area contributed by atoms with Gasteiger partial charge in [0.1, 0.15) is 17.3 Å². The fourth-order valence-electron chi connectivity index (χ4n) is 3.22. The first kappa shape index (κ1) is 18.7. The lowest BCUT2D eigenvalue weighted by Gasteiger charge is -2.09. The monoisotopic (exact) mass is 388 g/mol. The molecule has 1 heterocycles. The summed E-state index contributed by atoms with van der Waals surface area (Å²) in [5.74, 6) is 1.33. The van der Waals surface area contributed by atoms with Crippen LogP contribution in [0.5, 0.6) is 11.5 Å². The molecule has 0 spiro atoms. The van der Waals surface area contributed by atoms with Gasteiger partial charge in [0, 0.05) is 16.7 Å². The predicted molar refractivity (Wildman–Crippen MR) is 112 cm³/mol. The van der Waals surface area contributed by atoms with E-state index in [2.05, 4.69) is 0 Å². The summed E-state index contributed by atoms with van der Waals surface area (Å²) in [4.78, 5) is 0. The molecule has 0 aliphatic heterocycles. The topological polar surface area (TPSA) is 36.3 Å². The van der Waals surface area contributed by atoms with Crippen molar-refractivity contribution in [2.24, 2.45) is 0 Å². The second-order valence-corrected chi connectivity index (χ2v) is 6.62. The molecule has 0 aliphatic carbocycles. The first-order valence-corrected chi connectivity index (χ1v) is 9.28. The van der Waals surface area contributed by atoms with Crippen molar-refractivity contribution in [1.82, 2.24) is 9.78 Å². The summed E-state index contributed by atoms with van der Waals surface area (Å²) in [5, 5.41) is 4.77. The third-order valence-electron chi connectivity index (χ3n) is 4.83. The number of ether oxygens (including phenoxy) is 2. The number of aromatic nitrogens is 2. The summed E-state index contributed by atoms with van der Waals surface area (Å²) in [6.07, 6.45) is 0. The molecular formula is C24H21FN2O2. The number of methoxy groups -OCH3 is 2. The van der Waals surface area contributed by atoms with E-state index in [-0.39, 0.29) is 5.82 Å². The Labute approximate surface area is 169 Å². The summed E-state index contributed by atoms with van der Waals surface area (Å²) >= 11 is 0. The van der Waals surface area contributed by atoms with Crippen LogP contribution in [0.15, 0.2) is 78.9 Å². The first-order chi connectivity index (χ1) is 14.2. The Bertz CT molecular complexity index is 1100. The molecule has 4 aromatic rings. The number of benzene rings is 3. The lowest BCUT2D eigenvalue weighted by Crippen LogP contribution is -2.05. The van der Waals surface area contributed by atoms with Gasteiger partial charge in [-0.3, -0.25) is 4.68 Å². The van der Waals surface area contributed by atoms with Crippen LogP contribution in [0.3, 0.4) is 0 Å². The van der Waals surface area contributed by atoms with Gasteiger partial charge in [-0.1, -0.05) is 18.2 Å². The number of halogens is 1. The largest absolute Gasteiger partial charge is 0.497 e. The van der Waals surface area contributed by atoms with Crippen molar-refractivity contribution in [3.05, 3.63) is 90.2 Å². The third-order valence-corrected chi connectivity index (χ3v) is 4.83. The Kier molecular flexibility index (Phi) is 5.29. The average molecular weight is 388 g/mol. The lowest BCUT2D eigenvalue weighted by atomic mass is 10.1. The van der Waals surface area contributed by atoms with Crippen LogP contribution in [0.25, 0.3) is 22.5 Å². The molecule has 4 rings (SSSR count). The third kappa shape index (κ3) is 3.99. The van der Waals surface area contributed by atoms with E-state index < -0.39 is 0 Å². The molecule has 3 aromatic carbocycles. The Morgan fingerprint density at radius 2 is 1.38 bits per heavy atom. The van der Waals surface area contributed by atoms with Gasteiger partial charge in [0.05, 0.1) is 32.2 Å². The normalized spacial score (nSPS) is 10.7. The molecule has 0 saturated carbocycles. The van der Waals surface area contributed by atoms with Crippen LogP contribution >= 0.6 is 0 Å². The van der Waals surface area contributed by atoms with Crippen molar-refractivity contribution < 1.29 is 13.9 Å². The SMILES string of the molecule is COc1ccc(-c2cc(-c3ccc(OC)cc3)n(Cc3ccccc3F)n2)cc1. The van der Waals surface area contributed by atoms with Gasteiger partial charge in [-0.15, -0.1) is 0 Å². The smallest absolute Gasteiger partial charge is 0.128 e. The van der Waals surface area contributed by atoms with Crippen molar-refractivity contribution in [1.29, 1.82) is 0 Å². The van der Waals surface area contributed by atoms with Crippen LogP contribution in [0, 0.1) is 5.82 Å². The molecule has 0 fully saturated rings. The molecule has 1 aromatic heterocycles.